The molecule has 0 unspecified atom stereocenters. The van der Waals surface area contributed by atoms with Crippen molar-refractivity contribution in [3.8, 4) is 11.8 Å². The van der Waals surface area contributed by atoms with Gasteiger partial charge in [0.15, 0.2) is 0 Å². The van der Waals surface area contributed by atoms with Crippen LogP contribution in [0.2, 0.25) is 0 Å². The molecule has 1 aromatic carbocycles. The maximum Gasteiger partial charge on any atom is 0.220 e. The zero-order valence-electron chi connectivity index (χ0n) is 10.7. The zero-order valence-corrected chi connectivity index (χ0v) is 10.7. The van der Waals surface area contributed by atoms with Gasteiger partial charge in [-0.15, -0.1) is 0 Å². The largest absolute Gasteiger partial charge is 0.384 e. The van der Waals surface area contributed by atoms with Crippen molar-refractivity contribution in [3.63, 3.8) is 0 Å². The van der Waals surface area contributed by atoms with E-state index in [2.05, 4.69) is 24.1 Å². The maximum absolute atomic E-state index is 11.5. The van der Waals surface area contributed by atoms with Crippen molar-refractivity contribution in [1.29, 1.82) is 0 Å². The molecule has 1 aromatic rings. The van der Waals surface area contributed by atoms with Crippen molar-refractivity contribution in [2.75, 3.05) is 6.61 Å². The summed E-state index contributed by atoms with van der Waals surface area (Å²) in [4.78, 5) is 11.5. The van der Waals surface area contributed by atoms with Crippen molar-refractivity contribution in [2.45, 2.75) is 32.7 Å². The standard InChI is InChI=1S/C15H19NO2/c1-2-3-10-15(18)16-12-14-8-5-4-7-13(14)9-6-11-17/h4-5,7-8,17H,2-3,10-12H2,1H3,(H,16,18). The number of nitrogens with one attached hydrogen (secondary N) is 1. The third-order valence-electron chi connectivity index (χ3n) is 2.55. The molecule has 96 valence electrons. The van der Waals surface area contributed by atoms with Gasteiger partial charge in [0.05, 0.1) is 0 Å². The number of amides is 1. The monoisotopic (exact) mass is 245 g/mol. The molecule has 0 aliphatic heterocycles. The highest BCUT2D eigenvalue weighted by molar-refractivity contribution is 5.75. The lowest BCUT2D eigenvalue weighted by molar-refractivity contribution is -0.121. The molecule has 1 amide bonds. The zero-order chi connectivity index (χ0) is 13.2. The number of carbonyl (C=O) groups is 1. The minimum absolute atomic E-state index is 0.0711. The van der Waals surface area contributed by atoms with Crippen LogP contribution in [-0.2, 0) is 11.3 Å². The number of hydrogen-bond acceptors (Lipinski definition) is 2. The molecule has 1 rings (SSSR count). The minimum Gasteiger partial charge on any atom is -0.384 e. The van der Waals surface area contributed by atoms with Crippen molar-refractivity contribution in [1.82, 2.24) is 5.32 Å². The first-order chi connectivity index (χ1) is 8.77. The summed E-state index contributed by atoms with van der Waals surface area (Å²) in [5.41, 5.74) is 1.82. The van der Waals surface area contributed by atoms with Gasteiger partial charge in [-0.25, -0.2) is 0 Å². The summed E-state index contributed by atoms with van der Waals surface area (Å²) in [7, 11) is 0. The Labute approximate surface area is 108 Å². The molecule has 18 heavy (non-hydrogen) atoms. The summed E-state index contributed by atoms with van der Waals surface area (Å²) in [5.74, 6) is 5.57. The summed E-state index contributed by atoms with van der Waals surface area (Å²) >= 11 is 0. The Bertz CT molecular complexity index is 443. The minimum atomic E-state index is -0.156. The first kappa shape index (κ1) is 14.3. The van der Waals surface area contributed by atoms with E-state index in [0.717, 1.165) is 24.0 Å². The molecule has 0 bridgehead atoms. The van der Waals surface area contributed by atoms with E-state index in [-0.39, 0.29) is 12.5 Å². The van der Waals surface area contributed by atoms with Gasteiger partial charge in [0.2, 0.25) is 5.91 Å². The first-order valence-electron chi connectivity index (χ1n) is 6.22. The Morgan fingerprint density at radius 2 is 2.17 bits per heavy atom. The molecular formula is C15H19NO2. The van der Waals surface area contributed by atoms with E-state index in [0.29, 0.717) is 13.0 Å². The number of hydrogen-bond donors (Lipinski definition) is 2. The second-order valence-electron chi connectivity index (χ2n) is 4.00. The fraction of sp³-hybridized carbons (Fsp3) is 0.400. The van der Waals surface area contributed by atoms with E-state index in [4.69, 9.17) is 5.11 Å². The van der Waals surface area contributed by atoms with Crippen LogP contribution >= 0.6 is 0 Å². The molecule has 0 fully saturated rings. The van der Waals surface area contributed by atoms with Gasteiger partial charge in [-0.05, 0) is 18.1 Å². The second-order valence-corrected chi connectivity index (χ2v) is 4.00. The third-order valence-corrected chi connectivity index (χ3v) is 2.55. The molecular weight excluding hydrogens is 226 g/mol. The molecule has 0 saturated heterocycles. The van der Waals surface area contributed by atoms with E-state index >= 15 is 0 Å². The van der Waals surface area contributed by atoms with Crippen LogP contribution in [0.25, 0.3) is 0 Å². The van der Waals surface area contributed by atoms with Crippen LogP contribution in [0, 0.1) is 11.8 Å². The predicted molar refractivity (Wildman–Crippen MR) is 71.8 cm³/mol. The molecule has 0 aromatic heterocycles. The fourth-order valence-electron chi connectivity index (χ4n) is 1.55. The van der Waals surface area contributed by atoms with Crippen LogP contribution in [-0.4, -0.2) is 17.6 Å². The SMILES string of the molecule is CCCCC(=O)NCc1ccccc1C#CCO. The van der Waals surface area contributed by atoms with Crippen LogP contribution in [0.1, 0.15) is 37.3 Å². The smallest absolute Gasteiger partial charge is 0.220 e. The molecule has 2 N–H and O–H groups in total. The van der Waals surface area contributed by atoms with Gasteiger partial charge >= 0.3 is 0 Å². The molecule has 0 spiro atoms. The Balaban J connectivity index is 2.58. The number of aliphatic hydroxyl groups is 1. The Kier molecular flexibility index (Phi) is 6.60. The molecule has 0 heterocycles. The lowest BCUT2D eigenvalue weighted by Crippen LogP contribution is -2.22. The number of carbonyl (C=O) groups excluding carboxylic acids is 1. The van der Waals surface area contributed by atoms with E-state index in [1.165, 1.54) is 0 Å². The summed E-state index contributed by atoms with van der Waals surface area (Å²) in [6.45, 7) is 2.39. The normalized spacial score (nSPS) is 9.44. The lowest BCUT2D eigenvalue weighted by Gasteiger charge is -2.06. The second kappa shape index (κ2) is 8.32. The molecule has 3 nitrogen and oxygen atoms in total. The Morgan fingerprint density at radius 3 is 2.89 bits per heavy atom. The van der Waals surface area contributed by atoms with Crippen LogP contribution < -0.4 is 5.32 Å². The van der Waals surface area contributed by atoms with Crippen LogP contribution in [0.4, 0.5) is 0 Å². The van der Waals surface area contributed by atoms with Gasteiger partial charge < -0.3 is 10.4 Å². The highest BCUT2D eigenvalue weighted by Crippen LogP contribution is 2.07. The molecule has 3 heteroatoms. The van der Waals surface area contributed by atoms with Crippen molar-refractivity contribution >= 4 is 5.91 Å². The van der Waals surface area contributed by atoms with Crippen molar-refractivity contribution < 1.29 is 9.90 Å². The number of aliphatic hydroxyl groups excluding tert-OH is 1. The van der Waals surface area contributed by atoms with Gasteiger partial charge in [-0.2, -0.15) is 0 Å². The molecule has 0 atom stereocenters. The van der Waals surface area contributed by atoms with E-state index in [1.807, 2.05) is 24.3 Å². The quantitative estimate of drug-likeness (QED) is 0.778. The van der Waals surface area contributed by atoms with Gasteiger partial charge in [0, 0.05) is 18.5 Å². The Morgan fingerprint density at radius 1 is 1.39 bits per heavy atom. The fourth-order valence-corrected chi connectivity index (χ4v) is 1.55. The number of rotatable bonds is 5. The Hall–Kier alpha value is -1.79. The predicted octanol–water partition coefficient (Wildman–Crippen LogP) is 1.84. The van der Waals surface area contributed by atoms with Crippen molar-refractivity contribution in [3.05, 3.63) is 35.4 Å². The van der Waals surface area contributed by atoms with Gasteiger partial charge in [-0.1, -0.05) is 43.4 Å². The van der Waals surface area contributed by atoms with Crippen LogP contribution in [0.15, 0.2) is 24.3 Å². The van der Waals surface area contributed by atoms with Crippen LogP contribution in [0.3, 0.4) is 0 Å². The lowest BCUT2D eigenvalue weighted by atomic mass is 10.1. The molecule has 0 radical (unpaired) electrons. The molecule has 0 aliphatic carbocycles. The first-order valence-corrected chi connectivity index (χ1v) is 6.22. The van der Waals surface area contributed by atoms with Gasteiger partial charge in [-0.3, -0.25) is 4.79 Å². The van der Waals surface area contributed by atoms with Crippen molar-refractivity contribution in [2.24, 2.45) is 0 Å². The average Bonchev–Trinajstić information content (AvgIpc) is 2.41. The summed E-state index contributed by atoms with van der Waals surface area (Å²) < 4.78 is 0. The number of benzene rings is 1. The topological polar surface area (TPSA) is 49.3 Å². The highest BCUT2D eigenvalue weighted by Gasteiger charge is 2.02. The average molecular weight is 245 g/mol. The summed E-state index contributed by atoms with van der Waals surface area (Å²) in [6, 6.07) is 7.62. The van der Waals surface area contributed by atoms with E-state index in [9.17, 15) is 4.79 Å². The van der Waals surface area contributed by atoms with Crippen LogP contribution in [0.5, 0.6) is 0 Å². The highest BCUT2D eigenvalue weighted by atomic mass is 16.2. The molecule has 0 saturated carbocycles. The third kappa shape index (κ3) is 5.03. The summed E-state index contributed by atoms with van der Waals surface area (Å²) in [6.07, 6.45) is 2.50. The van der Waals surface area contributed by atoms with E-state index in [1.54, 1.807) is 0 Å². The van der Waals surface area contributed by atoms with Gasteiger partial charge in [0.25, 0.3) is 0 Å². The van der Waals surface area contributed by atoms with E-state index < -0.39 is 0 Å². The molecule has 0 aliphatic rings. The maximum atomic E-state index is 11.5. The van der Waals surface area contributed by atoms with Gasteiger partial charge in [0.1, 0.15) is 6.61 Å². The number of unbranched alkanes of at least 4 members (excludes halogenated alkanes) is 1. The summed E-state index contributed by atoms with van der Waals surface area (Å²) in [5, 5.41) is 11.6.